The van der Waals surface area contributed by atoms with Gasteiger partial charge in [-0.2, -0.15) is 0 Å². The number of amides is 1. The second-order valence-corrected chi connectivity index (χ2v) is 5.80. The lowest BCUT2D eigenvalue weighted by atomic mass is 9.93. The second-order valence-electron chi connectivity index (χ2n) is 5.80. The molecule has 0 saturated heterocycles. The number of aliphatic hydroxyl groups is 1. The highest BCUT2D eigenvalue weighted by atomic mass is 35.5. The first-order valence-electron chi connectivity index (χ1n) is 7.90. The fourth-order valence-electron chi connectivity index (χ4n) is 2.58. The first-order chi connectivity index (χ1) is 11.1. The van der Waals surface area contributed by atoms with Crippen LogP contribution in [0.2, 0.25) is 0 Å². The van der Waals surface area contributed by atoms with E-state index in [1.54, 1.807) is 19.1 Å². The zero-order valence-electron chi connectivity index (χ0n) is 13.8. The van der Waals surface area contributed by atoms with Crippen molar-refractivity contribution < 1.29 is 9.90 Å². The molecule has 1 amide bonds. The van der Waals surface area contributed by atoms with Crippen molar-refractivity contribution in [1.29, 1.82) is 0 Å². The van der Waals surface area contributed by atoms with E-state index in [2.05, 4.69) is 5.32 Å². The Morgan fingerprint density at radius 3 is 2.29 bits per heavy atom. The van der Waals surface area contributed by atoms with Crippen LogP contribution in [-0.4, -0.2) is 23.7 Å². The zero-order valence-corrected chi connectivity index (χ0v) is 14.6. The van der Waals surface area contributed by atoms with E-state index in [1.807, 2.05) is 42.5 Å². The molecule has 130 valence electrons. The molecular formula is C19H25ClN2O2. The van der Waals surface area contributed by atoms with Crippen molar-refractivity contribution in [3.05, 3.63) is 71.3 Å². The minimum atomic E-state index is -0.416. The second kappa shape index (κ2) is 10.1. The molecule has 0 fully saturated rings. The number of nitrogens with two attached hydrogens (primary N) is 1. The van der Waals surface area contributed by atoms with Crippen molar-refractivity contribution in [2.45, 2.75) is 31.9 Å². The van der Waals surface area contributed by atoms with Crippen molar-refractivity contribution >= 4 is 18.3 Å². The van der Waals surface area contributed by atoms with Gasteiger partial charge in [0.25, 0.3) is 5.91 Å². The average molecular weight is 349 g/mol. The molecule has 0 aliphatic rings. The van der Waals surface area contributed by atoms with Gasteiger partial charge in [-0.15, -0.1) is 12.4 Å². The molecule has 2 aromatic carbocycles. The first-order valence-corrected chi connectivity index (χ1v) is 7.90. The lowest BCUT2D eigenvalue weighted by Crippen LogP contribution is -2.29. The molecule has 0 radical (unpaired) electrons. The lowest BCUT2D eigenvalue weighted by Gasteiger charge is -2.19. The van der Waals surface area contributed by atoms with E-state index >= 15 is 0 Å². The first kappa shape index (κ1) is 20.2. The molecule has 0 spiro atoms. The third kappa shape index (κ3) is 5.96. The number of carbonyl (C=O) groups is 1. The molecule has 24 heavy (non-hydrogen) atoms. The van der Waals surface area contributed by atoms with Gasteiger partial charge in [-0.1, -0.05) is 42.5 Å². The number of benzene rings is 2. The van der Waals surface area contributed by atoms with Crippen LogP contribution in [0.1, 0.15) is 40.7 Å². The standard InChI is InChI=1S/C19H24N2O2.ClH/c1-14(22)11-18(16-5-3-2-4-6-16)13-21-19(23)17-9-7-15(12-20)8-10-17;/h2-10,14,18,22H,11-13,20H2,1H3,(H,21,23);1H. The smallest absolute Gasteiger partial charge is 0.251 e. The van der Waals surface area contributed by atoms with E-state index in [9.17, 15) is 9.90 Å². The Bertz CT molecular complexity index is 615. The fraction of sp³-hybridized carbons (Fsp3) is 0.316. The highest BCUT2D eigenvalue weighted by molar-refractivity contribution is 5.94. The van der Waals surface area contributed by atoms with E-state index < -0.39 is 6.10 Å². The summed E-state index contributed by atoms with van der Waals surface area (Å²) in [6.45, 7) is 2.72. The predicted octanol–water partition coefficient (Wildman–Crippen LogP) is 2.85. The quantitative estimate of drug-likeness (QED) is 0.720. The summed E-state index contributed by atoms with van der Waals surface area (Å²) in [4.78, 5) is 12.3. The van der Waals surface area contributed by atoms with E-state index in [0.29, 0.717) is 25.1 Å². The molecule has 0 aliphatic carbocycles. The molecule has 2 unspecified atom stereocenters. The van der Waals surface area contributed by atoms with Crippen LogP contribution in [0, 0.1) is 0 Å². The van der Waals surface area contributed by atoms with Gasteiger partial charge < -0.3 is 16.2 Å². The van der Waals surface area contributed by atoms with Crippen molar-refractivity contribution in [2.75, 3.05) is 6.54 Å². The van der Waals surface area contributed by atoms with Crippen LogP contribution in [0.4, 0.5) is 0 Å². The molecule has 0 saturated carbocycles. The zero-order chi connectivity index (χ0) is 16.7. The Hall–Kier alpha value is -1.88. The van der Waals surface area contributed by atoms with Crippen LogP contribution in [0.3, 0.4) is 0 Å². The number of halogens is 1. The van der Waals surface area contributed by atoms with Gasteiger partial charge in [-0.3, -0.25) is 4.79 Å². The molecule has 2 atom stereocenters. The van der Waals surface area contributed by atoms with Crippen molar-refractivity contribution in [3.63, 3.8) is 0 Å². The van der Waals surface area contributed by atoms with Gasteiger partial charge in [0.2, 0.25) is 0 Å². The van der Waals surface area contributed by atoms with E-state index in [-0.39, 0.29) is 24.2 Å². The van der Waals surface area contributed by atoms with Crippen LogP contribution in [0.5, 0.6) is 0 Å². The van der Waals surface area contributed by atoms with Crippen LogP contribution < -0.4 is 11.1 Å². The van der Waals surface area contributed by atoms with Crippen LogP contribution in [-0.2, 0) is 6.54 Å². The third-order valence-corrected chi connectivity index (χ3v) is 3.86. The molecule has 0 aliphatic heterocycles. The van der Waals surface area contributed by atoms with E-state index in [1.165, 1.54) is 0 Å². The number of nitrogens with one attached hydrogen (secondary N) is 1. The van der Waals surface area contributed by atoms with Gasteiger partial charge in [0.1, 0.15) is 0 Å². The molecule has 0 aromatic heterocycles. The predicted molar refractivity (Wildman–Crippen MR) is 99.4 cm³/mol. The summed E-state index contributed by atoms with van der Waals surface area (Å²) in [5.74, 6) is -0.0245. The molecule has 4 N–H and O–H groups in total. The summed E-state index contributed by atoms with van der Waals surface area (Å²) < 4.78 is 0. The largest absolute Gasteiger partial charge is 0.393 e. The summed E-state index contributed by atoms with van der Waals surface area (Å²) >= 11 is 0. The monoisotopic (exact) mass is 348 g/mol. The van der Waals surface area contributed by atoms with Crippen molar-refractivity contribution in [3.8, 4) is 0 Å². The topological polar surface area (TPSA) is 75.3 Å². The van der Waals surface area contributed by atoms with E-state index in [0.717, 1.165) is 11.1 Å². The maximum Gasteiger partial charge on any atom is 0.251 e. The summed E-state index contributed by atoms with van der Waals surface area (Å²) in [6.07, 6.45) is 0.192. The van der Waals surface area contributed by atoms with Gasteiger partial charge in [0, 0.05) is 24.6 Å². The Kier molecular flexibility index (Phi) is 8.47. The molecule has 0 bridgehead atoms. The summed E-state index contributed by atoms with van der Waals surface area (Å²) in [5.41, 5.74) is 8.29. The maximum absolute atomic E-state index is 12.3. The summed E-state index contributed by atoms with van der Waals surface area (Å²) in [6, 6.07) is 17.2. The molecule has 4 nitrogen and oxygen atoms in total. The molecule has 5 heteroatoms. The van der Waals surface area contributed by atoms with Crippen LogP contribution in [0.25, 0.3) is 0 Å². The summed E-state index contributed by atoms with van der Waals surface area (Å²) in [7, 11) is 0. The minimum Gasteiger partial charge on any atom is -0.393 e. The molecule has 2 rings (SSSR count). The van der Waals surface area contributed by atoms with Gasteiger partial charge in [-0.05, 0) is 36.6 Å². The van der Waals surface area contributed by atoms with Crippen molar-refractivity contribution in [1.82, 2.24) is 5.32 Å². The molecular weight excluding hydrogens is 324 g/mol. The van der Waals surface area contributed by atoms with Crippen LogP contribution >= 0.6 is 12.4 Å². The highest BCUT2D eigenvalue weighted by Crippen LogP contribution is 2.20. The fourth-order valence-corrected chi connectivity index (χ4v) is 2.58. The Morgan fingerprint density at radius 2 is 1.75 bits per heavy atom. The van der Waals surface area contributed by atoms with Gasteiger partial charge in [0.15, 0.2) is 0 Å². The van der Waals surface area contributed by atoms with Gasteiger partial charge >= 0.3 is 0 Å². The SMILES string of the molecule is CC(O)CC(CNC(=O)c1ccc(CN)cc1)c1ccccc1.Cl. The number of hydrogen-bond acceptors (Lipinski definition) is 3. The number of rotatable bonds is 7. The van der Waals surface area contributed by atoms with Gasteiger partial charge in [-0.25, -0.2) is 0 Å². The highest BCUT2D eigenvalue weighted by Gasteiger charge is 2.16. The minimum absolute atomic E-state index is 0. The Labute approximate surface area is 149 Å². The molecule has 2 aromatic rings. The number of aliphatic hydroxyl groups excluding tert-OH is 1. The average Bonchev–Trinajstić information content (AvgIpc) is 2.59. The number of carbonyl (C=O) groups excluding carboxylic acids is 1. The Balaban J connectivity index is 0.00000288. The summed E-state index contributed by atoms with van der Waals surface area (Å²) in [5, 5.41) is 12.7. The van der Waals surface area contributed by atoms with Gasteiger partial charge in [0.05, 0.1) is 6.10 Å². The lowest BCUT2D eigenvalue weighted by molar-refractivity contribution is 0.0945. The van der Waals surface area contributed by atoms with Crippen LogP contribution in [0.15, 0.2) is 54.6 Å². The third-order valence-electron chi connectivity index (χ3n) is 3.86. The van der Waals surface area contributed by atoms with E-state index in [4.69, 9.17) is 5.73 Å². The normalized spacial score (nSPS) is 12.8. The number of hydrogen-bond donors (Lipinski definition) is 3. The van der Waals surface area contributed by atoms with Crippen molar-refractivity contribution in [2.24, 2.45) is 5.73 Å². The maximum atomic E-state index is 12.3. The molecule has 0 heterocycles. The Morgan fingerprint density at radius 1 is 1.12 bits per heavy atom.